The average molecular weight is 266 g/mol. The van der Waals surface area contributed by atoms with Crippen LogP contribution >= 0.6 is 11.6 Å². The summed E-state index contributed by atoms with van der Waals surface area (Å²) in [6.07, 6.45) is 0.965. The number of ether oxygens (including phenoxy) is 1. The lowest BCUT2D eigenvalue weighted by Gasteiger charge is -2.07. The van der Waals surface area contributed by atoms with E-state index in [0.29, 0.717) is 0 Å². The molecule has 0 aliphatic rings. The molecule has 0 bridgehead atoms. The number of rotatable bonds is 3. The van der Waals surface area contributed by atoms with Crippen LogP contribution in [0.4, 0.5) is 5.69 Å². The predicted molar refractivity (Wildman–Crippen MR) is 57.8 cm³/mol. The maximum atomic E-state index is 11.3. The van der Waals surface area contributed by atoms with Gasteiger partial charge in [0.2, 0.25) is 0 Å². The molecule has 6 nitrogen and oxygen atoms in total. The molecule has 8 heteroatoms. The topological polar surface area (TPSA) is 86.5 Å². The number of methoxy groups -OCH3 is 1. The SMILES string of the molecule is COc1cc([N+](=O)[O-])c(Cl)cc1S(C)(=O)=O. The number of nitro benzene ring substituents is 1. The van der Waals surface area contributed by atoms with Gasteiger partial charge in [-0.1, -0.05) is 11.6 Å². The molecule has 0 saturated carbocycles. The predicted octanol–water partition coefficient (Wildman–Crippen LogP) is 1.66. The van der Waals surface area contributed by atoms with Gasteiger partial charge < -0.3 is 4.74 Å². The lowest BCUT2D eigenvalue weighted by atomic mass is 10.3. The summed E-state index contributed by atoms with van der Waals surface area (Å²) in [4.78, 5) is 9.68. The maximum Gasteiger partial charge on any atom is 0.291 e. The molecule has 1 aromatic carbocycles. The fourth-order valence-electron chi connectivity index (χ4n) is 1.11. The molecule has 0 aliphatic carbocycles. The molecule has 88 valence electrons. The molecule has 1 aromatic rings. The highest BCUT2D eigenvalue weighted by atomic mass is 35.5. The van der Waals surface area contributed by atoms with E-state index >= 15 is 0 Å². The van der Waals surface area contributed by atoms with Crippen molar-refractivity contribution in [1.82, 2.24) is 0 Å². The Labute approximate surface area is 96.9 Å². The van der Waals surface area contributed by atoms with Crippen LogP contribution < -0.4 is 4.74 Å². The molecule has 0 aromatic heterocycles. The van der Waals surface area contributed by atoms with Gasteiger partial charge in [-0.25, -0.2) is 8.42 Å². The van der Waals surface area contributed by atoms with Crippen molar-refractivity contribution in [3.05, 3.63) is 27.3 Å². The first-order valence-electron chi connectivity index (χ1n) is 3.99. The van der Waals surface area contributed by atoms with E-state index < -0.39 is 20.4 Å². The summed E-state index contributed by atoms with van der Waals surface area (Å²) in [5, 5.41) is 10.3. The summed E-state index contributed by atoms with van der Waals surface area (Å²) < 4.78 is 27.5. The average Bonchev–Trinajstić information content (AvgIpc) is 2.15. The normalized spacial score (nSPS) is 11.2. The third-order valence-corrected chi connectivity index (χ3v) is 3.25. The van der Waals surface area contributed by atoms with E-state index in [0.717, 1.165) is 18.4 Å². The summed E-state index contributed by atoms with van der Waals surface area (Å²) in [5.74, 6) is -0.0985. The number of sulfone groups is 1. The number of nitrogens with zero attached hydrogens (tertiary/aromatic N) is 1. The van der Waals surface area contributed by atoms with Crippen LogP contribution in [0.15, 0.2) is 17.0 Å². The summed E-state index contributed by atoms with van der Waals surface area (Å²) in [5.41, 5.74) is -0.397. The number of halogens is 1. The monoisotopic (exact) mass is 265 g/mol. The van der Waals surface area contributed by atoms with Crippen LogP contribution in [0.25, 0.3) is 0 Å². The molecule has 0 spiro atoms. The number of hydrogen-bond donors (Lipinski definition) is 0. The zero-order valence-corrected chi connectivity index (χ0v) is 10.0. The van der Waals surface area contributed by atoms with Gasteiger partial charge >= 0.3 is 0 Å². The van der Waals surface area contributed by atoms with Gasteiger partial charge in [0.15, 0.2) is 9.84 Å². The Balaban J connectivity index is 3.57. The molecule has 0 aliphatic heterocycles. The first kappa shape index (κ1) is 12.7. The minimum Gasteiger partial charge on any atom is -0.495 e. The van der Waals surface area contributed by atoms with Crippen molar-refractivity contribution in [3.63, 3.8) is 0 Å². The Kier molecular flexibility index (Phi) is 3.39. The quantitative estimate of drug-likeness (QED) is 0.613. The third-order valence-electron chi connectivity index (χ3n) is 1.83. The number of nitro groups is 1. The number of benzene rings is 1. The molecule has 0 N–H and O–H groups in total. The summed E-state index contributed by atoms with van der Waals surface area (Å²) >= 11 is 5.60. The first-order chi connectivity index (χ1) is 7.27. The summed E-state index contributed by atoms with van der Waals surface area (Å²) in [6, 6.07) is 1.99. The van der Waals surface area contributed by atoms with E-state index in [9.17, 15) is 18.5 Å². The molecular formula is C8H8ClNO5S. The molecule has 0 radical (unpaired) electrons. The van der Waals surface area contributed by atoms with Crippen LogP contribution in [0, 0.1) is 10.1 Å². The highest BCUT2D eigenvalue weighted by Gasteiger charge is 2.22. The Bertz CT molecular complexity index is 540. The van der Waals surface area contributed by atoms with Gasteiger partial charge in [-0.3, -0.25) is 10.1 Å². The van der Waals surface area contributed by atoms with Crippen LogP contribution in [0.2, 0.25) is 5.02 Å². The molecule has 0 fully saturated rings. The molecule has 1 rings (SSSR count). The second-order valence-electron chi connectivity index (χ2n) is 2.98. The van der Waals surface area contributed by atoms with Crippen molar-refractivity contribution in [1.29, 1.82) is 0 Å². The second kappa shape index (κ2) is 4.26. The van der Waals surface area contributed by atoms with Crippen LogP contribution in [0.1, 0.15) is 0 Å². The van der Waals surface area contributed by atoms with Gasteiger partial charge in [-0.15, -0.1) is 0 Å². The van der Waals surface area contributed by atoms with Gasteiger partial charge in [0.25, 0.3) is 5.69 Å². The fraction of sp³-hybridized carbons (Fsp3) is 0.250. The van der Waals surface area contributed by atoms with Crippen molar-refractivity contribution >= 4 is 27.1 Å². The van der Waals surface area contributed by atoms with Crippen molar-refractivity contribution < 1.29 is 18.1 Å². The van der Waals surface area contributed by atoms with Crippen LogP contribution in [-0.2, 0) is 9.84 Å². The van der Waals surface area contributed by atoms with Gasteiger partial charge in [-0.05, 0) is 6.07 Å². The molecule has 0 atom stereocenters. The Morgan fingerprint density at radius 2 is 2.00 bits per heavy atom. The largest absolute Gasteiger partial charge is 0.495 e. The third kappa shape index (κ3) is 2.42. The Morgan fingerprint density at radius 1 is 1.44 bits per heavy atom. The summed E-state index contributed by atoms with van der Waals surface area (Å²) in [6.45, 7) is 0. The van der Waals surface area contributed by atoms with Crippen molar-refractivity contribution in [2.24, 2.45) is 0 Å². The van der Waals surface area contributed by atoms with Gasteiger partial charge in [0.05, 0.1) is 18.1 Å². The minimum atomic E-state index is -3.54. The standard InChI is InChI=1S/C8H8ClNO5S/c1-15-7-4-6(10(11)12)5(9)3-8(7)16(2,13)14/h3-4H,1-2H3. The highest BCUT2D eigenvalue weighted by Crippen LogP contribution is 2.34. The van der Waals surface area contributed by atoms with E-state index in [1.807, 2.05) is 0 Å². The smallest absolute Gasteiger partial charge is 0.291 e. The van der Waals surface area contributed by atoms with Crippen LogP contribution in [0.3, 0.4) is 0 Å². The maximum absolute atomic E-state index is 11.3. The van der Waals surface area contributed by atoms with Crippen molar-refractivity contribution in [3.8, 4) is 5.75 Å². The molecule has 0 saturated heterocycles. The zero-order valence-electron chi connectivity index (χ0n) is 8.43. The van der Waals surface area contributed by atoms with E-state index in [1.165, 1.54) is 7.11 Å². The lowest BCUT2D eigenvalue weighted by molar-refractivity contribution is -0.384. The molecule has 0 amide bonds. The minimum absolute atomic E-state index is 0.0985. The van der Waals surface area contributed by atoms with Gasteiger partial charge in [0, 0.05) is 6.26 Å². The molecular weight excluding hydrogens is 258 g/mol. The molecule has 0 heterocycles. The van der Waals surface area contributed by atoms with Crippen molar-refractivity contribution in [2.75, 3.05) is 13.4 Å². The Morgan fingerprint density at radius 3 is 2.38 bits per heavy atom. The first-order valence-corrected chi connectivity index (χ1v) is 6.26. The van der Waals surface area contributed by atoms with E-state index in [2.05, 4.69) is 0 Å². The molecule has 0 unspecified atom stereocenters. The van der Waals surface area contributed by atoms with Crippen LogP contribution in [0.5, 0.6) is 5.75 Å². The van der Waals surface area contributed by atoms with E-state index in [-0.39, 0.29) is 15.7 Å². The fourth-order valence-corrected chi connectivity index (χ4v) is 2.25. The van der Waals surface area contributed by atoms with Gasteiger partial charge in [0.1, 0.15) is 15.7 Å². The Hall–Kier alpha value is -1.34. The lowest BCUT2D eigenvalue weighted by Crippen LogP contribution is -2.02. The summed E-state index contributed by atoms with van der Waals surface area (Å²) in [7, 11) is -2.32. The van der Waals surface area contributed by atoms with Crippen LogP contribution in [-0.4, -0.2) is 26.7 Å². The van der Waals surface area contributed by atoms with Gasteiger partial charge in [-0.2, -0.15) is 0 Å². The molecule has 16 heavy (non-hydrogen) atoms. The van der Waals surface area contributed by atoms with E-state index in [1.54, 1.807) is 0 Å². The highest BCUT2D eigenvalue weighted by molar-refractivity contribution is 7.90. The zero-order chi connectivity index (χ0) is 12.5. The van der Waals surface area contributed by atoms with Crippen molar-refractivity contribution in [2.45, 2.75) is 4.90 Å². The second-order valence-corrected chi connectivity index (χ2v) is 5.38. The number of hydrogen-bond acceptors (Lipinski definition) is 5. The van der Waals surface area contributed by atoms with E-state index in [4.69, 9.17) is 16.3 Å².